The van der Waals surface area contributed by atoms with Gasteiger partial charge in [-0.15, -0.1) is 0 Å². The Morgan fingerprint density at radius 2 is 1.91 bits per heavy atom. The summed E-state index contributed by atoms with van der Waals surface area (Å²) in [7, 11) is 0. The van der Waals surface area contributed by atoms with Gasteiger partial charge in [-0.25, -0.2) is 9.59 Å². The van der Waals surface area contributed by atoms with E-state index < -0.39 is 6.03 Å². The van der Waals surface area contributed by atoms with E-state index in [1.807, 2.05) is 30.3 Å². The summed E-state index contributed by atoms with van der Waals surface area (Å²) in [6.07, 6.45) is 0.667. The van der Waals surface area contributed by atoms with Crippen LogP contribution in [0.5, 0.6) is 0 Å². The Balaban J connectivity index is 1.56. The van der Waals surface area contributed by atoms with Crippen LogP contribution in [-0.2, 0) is 16.1 Å². The maximum absolute atomic E-state index is 12.2. The summed E-state index contributed by atoms with van der Waals surface area (Å²) in [5.41, 5.74) is 0.927. The van der Waals surface area contributed by atoms with Gasteiger partial charge in [-0.3, -0.25) is 10.1 Å². The number of carbonyl (C=O) groups is 3. The highest BCUT2D eigenvalue weighted by Gasteiger charge is 2.38. The molecule has 23 heavy (non-hydrogen) atoms. The smallest absolute Gasteiger partial charge is 0.410 e. The van der Waals surface area contributed by atoms with Crippen molar-refractivity contribution in [3.63, 3.8) is 0 Å². The molecule has 4 amide bonds. The lowest BCUT2D eigenvalue weighted by molar-refractivity contribution is -0.125. The van der Waals surface area contributed by atoms with Crippen molar-refractivity contribution in [2.45, 2.75) is 25.5 Å². The fourth-order valence-corrected chi connectivity index (χ4v) is 2.99. The molecule has 0 bridgehead atoms. The summed E-state index contributed by atoms with van der Waals surface area (Å²) in [4.78, 5) is 37.0. The van der Waals surface area contributed by atoms with Gasteiger partial charge in [0.2, 0.25) is 5.91 Å². The predicted octanol–water partition coefficient (Wildman–Crippen LogP) is 1.24. The van der Waals surface area contributed by atoms with Gasteiger partial charge >= 0.3 is 12.1 Å². The molecular formula is C16H19N3O4. The van der Waals surface area contributed by atoms with Gasteiger partial charge in [-0.05, 0) is 18.4 Å². The highest BCUT2D eigenvalue weighted by Crippen LogP contribution is 2.21. The van der Waals surface area contributed by atoms with Crippen molar-refractivity contribution < 1.29 is 19.1 Å². The molecule has 1 aromatic carbocycles. The van der Waals surface area contributed by atoms with Crippen LogP contribution in [0, 0.1) is 5.92 Å². The average Bonchev–Trinajstić information content (AvgIpc) is 2.76. The van der Waals surface area contributed by atoms with Crippen LogP contribution in [0.4, 0.5) is 9.59 Å². The molecule has 0 aromatic heterocycles. The molecule has 0 spiro atoms. The molecule has 2 unspecified atom stereocenters. The van der Waals surface area contributed by atoms with Gasteiger partial charge in [0.25, 0.3) is 0 Å². The summed E-state index contributed by atoms with van der Waals surface area (Å²) < 4.78 is 5.32. The van der Waals surface area contributed by atoms with Crippen LogP contribution < -0.4 is 10.6 Å². The molecule has 7 heteroatoms. The maximum Gasteiger partial charge on any atom is 0.410 e. The van der Waals surface area contributed by atoms with E-state index in [1.54, 1.807) is 4.90 Å². The van der Waals surface area contributed by atoms with Crippen molar-refractivity contribution in [1.29, 1.82) is 0 Å². The molecule has 2 atom stereocenters. The second-order valence-corrected chi connectivity index (χ2v) is 5.78. The van der Waals surface area contributed by atoms with E-state index in [2.05, 4.69) is 10.6 Å². The first kappa shape index (κ1) is 15.3. The number of amides is 4. The Kier molecular flexibility index (Phi) is 4.45. The number of nitrogens with zero attached hydrogens (tertiary/aromatic N) is 1. The Morgan fingerprint density at radius 3 is 2.70 bits per heavy atom. The van der Waals surface area contributed by atoms with Crippen molar-refractivity contribution in [3.05, 3.63) is 35.9 Å². The second-order valence-electron chi connectivity index (χ2n) is 5.78. The summed E-state index contributed by atoms with van der Waals surface area (Å²) in [6.45, 7) is 1.13. The molecular weight excluding hydrogens is 298 g/mol. The zero-order valence-electron chi connectivity index (χ0n) is 12.7. The number of imide groups is 1. The van der Waals surface area contributed by atoms with Crippen LogP contribution in [0.15, 0.2) is 30.3 Å². The number of carbonyl (C=O) groups excluding carboxylic acids is 3. The summed E-state index contributed by atoms with van der Waals surface area (Å²) in [6, 6.07) is 8.79. The zero-order valence-corrected chi connectivity index (χ0v) is 12.7. The Hall–Kier alpha value is -2.57. The van der Waals surface area contributed by atoms with Crippen molar-refractivity contribution in [3.8, 4) is 0 Å². The maximum atomic E-state index is 12.2. The van der Waals surface area contributed by atoms with Crippen molar-refractivity contribution >= 4 is 18.0 Å². The van der Waals surface area contributed by atoms with Crippen LogP contribution in [0.25, 0.3) is 0 Å². The second kappa shape index (κ2) is 6.68. The number of likely N-dealkylation sites (tertiary alicyclic amines) is 1. The molecule has 2 aliphatic rings. The quantitative estimate of drug-likeness (QED) is 0.859. The molecule has 122 valence electrons. The van der Waals surface area contributed by atoms with Crippen molar-refractivity contribution in [1.82, 2.24) is 15.5 Å². The van der Waals surface area contributed by atoms with Gasteiger partial charge in [-0.2, -0.15) is 0 Å². The minimum absolute atomic E-state index is 0.219. The van der Waals surface area contributed by atoms with Crippen LogP contribution in [0.1, 0.15) is 18.4 Å². The number of rotatable bonds is 2. The first-order valence-electron chi connectivity index (χ1n) is 7.70. The number of hydrogen-bond acceptors (Lipinski definition) is 4. The molecule has 0 radical (unpaired) electrons. The summed E-state index contributed by atoms with van der Waals surface area (Å²) in [5, 5.41) is 5.03. The minimum atomic E-state index is -0.462. The number of fused-ring (bicyclic) bond motifs is 1. The Morgan fingerprint density at radius 1 is 1.17 bits per heavy atom. The highest BCUT2D eigenvalue weighted by atomic mass is 16.6. The van der Waals surface area contributed by atoms with Crippen LogP contribution in [0.3, 0.4) is 0 Å². The number of hydrogen-bond donors (Lipinski definition) is 2. The van der Waals surface area contributed by atoms with Crippen LogP contribution in [0.2, 0.25) is 0 Å². The van der Waals surface area contributed by atoms with E-state index in [-0.39, 0.29) is 30.6 Å². The molecule has 1 aromatic rings. The fourth-order valence-electron chi connectivity index (χ4n) is 2.99. The molecule has 0 aliphatic carbocycles. The van der Waals surface area contributed by atoms with E-state index in [9.17, 15) is 14.4 Å². The van der Waals surface area contributed by atoms with E-state index in [0.717, 1.165) is 5.56 Å². The van der Waals surface area contributed by atoms with E-state index >= 15 is 0 Å². The third-order valence-corrected chi connectivity index (χ3v) is 4.26. The average molecular weight is 317 g/mol. The summed E-state index contributed by atoms with van der Waals surface area (Å²) in [5.74, 6) is -0.558. The monoisotopic (exact) mass is 317 g/mol. The van der Waals surface area contributed by atoms with Crippen molar-refractivity contribution in [2.24, 2.45) is 5.92 Å². The van der Waals surface area contributed by atoms with Gasteiger partial charge in [0, 0.05) is 19.1 Å². The van der Waals surface area contributed by atoms with E-state index in [4.69, 9.17) is 4.74 Å². The Labute approximate surface area is 134 Å². The van der Waals surface area contributed by atoms with Gasteiger partial charge in [-0.1, -0.05) is 30.3 Å². The molecule has 0 saturated carbocycles. The van der Waals surface area contributed by atoms with Gasteiger partial charge in [0.05, 0.1) is 5.92 Å². The third kappa shape index (κ3) is 3.61. The predicted molar refractivity (Wildman–Crippen MR) is 81.4 cm³/mol. The SMILES string of the molecule is O=C1NC(=O)C2CCN(C(=O)OCc3ccccc3)CCC2N1. The largest absolute Gasteiger partial charge is 0.445 e. The molecule has 2 N–H and O–H groups in total. The van der Waals surface area contributed by atoms with Crippen LogP contribution in [-0.4, -0.2) is 42.1 Å². The van der Waals surface area contributed by atoms with Crippen molar-refractivity contribution in [2.75, 3.05) is 13.1 Å². The first-order valence-corrected chi connectivity index (χ1v) is 7.70. The topological polar surface area (TPSA) is 87.7 Å². The van der Waals surface area contributed by atoms with Gasteiger partial charge in [0.15, 0.2) is 0 Å². The lowest BCUT2D eigenvalue weighted by atomic mass is 9.92. The van der Waals surface area contributed by atoms with Gasteiger partial charge in [0.1, 0.15) is 6.61 Å². The zero-order chi connectivity index (χ0) is 16.2. The standard InChI is InChI=1S/C16H19N3O4/c20-14-12-6-8-19(9-7-13(12)17-15(21)18-14)16(22)23-10-11-4-2-1-3-5-11/h1-5,12-13H,6-10H2,(H2,17,18,20,21). The number of ether oxygens (including phenoxy) is 1. The van der Waals surface area contributed by atoms with Crippen LogP contribution >= 0.6 is 0 Å². The summed E-state index contributed by atoms with van der Waals surface area (Å²) >= 11 is 0. The molecule has 2 saturated heterocycles. The number of benzene rings is 1. The normalized spacial score (nSPS) is 24.1. The number of nitrogens with one attached hydrogen (secondary N) is 2. The minimum Gasteiger partial charge on any atom is -0.445 e. The lowest BCUT2D eigenvalue weighted by Crippen LogP contribution is -2.57. The number of urea groups is 1. The Bertz CT molecular complexity index is 605. The third-order valence-electron chi connectivity index (χ3n) is 4.26. The van der Waals surface area contributed by atoms with Gasteiger partial charge < -0.3 is 15.0 Å². The van der Waals surface area contributed by atoms with E-state index in [1.165, 1.54) is 0 Å². The molecule has 2 heterocycles. The first-order chi connectivity index (χ1) is 11.1. The molecule has 2 fully saturated rings. The fraction of sp³-hybridized carbons (Fsp3) is 0.438. The lowest BCUT2D eigenvalue weighted by Gasteiger charge is -2.29. The highest BCUT2D eigenvalue weighted by molar-refractivity contribution is 5.98. The molecule has 3 rings (SSSR count). The molecule has 2 aliphatic heterocycles. The van der Waals surface area contributed by atoms with E-state index in [0.29, 0.717) is 25.9 Å². The molecule has 7 nitrogen and oxygen atoms in total.